The number of hydrogen-bond acceptors (Lipinski definition) is 4. The molecule has 0 aliphatic heterocycles. The summed E-state index contributed by atoms with van der Waals surface area (Å²) in [6.45, 7) is 1.56. The normalized spacial score (nSPS) is 18.1. The van der Waals surface area contributed by atoms with Gasteiger partial charge >= 0.3 is 0 Å². The van der Waals surface area contributed by atoms with Crippen LogP contribution in [0.2, 0.25) is 0 Å². The van der Waals surface area contributed by atoms with Gasteiger partial charge in [0.15, 0.2) is 0 Å². The lowest BCUT2D eigenvalue weighted by Crippen LogP contribution is -2.32. The van der Waals surface area contributed by atoms with Crippen molar-refractivity contribution in [1.29, 1.82) is 0 Å². The van der Waals surface area contributed by atoms with Gasteiger partial charge < -0.3 is 15.2 Å². The molecule has 2 rings (SSSR count). The molecule has 1 heterocycles. The van der Waals surface area contributed by atoms with Crippen LogP contribution in [-0.2, 0) is 16.0 Å². The largest absolute Gasteiger partial charge is 0.394 e. The maximum absolute atomic E-state index is 12.1. The zero-order valence-electron chi connectivity index (χ0n) is 11.0. The molecule has 0 saturated heterocycles. The number of aliphatic hydroxyl groups is 1. The highest BCUT2D eigenvalue weighted by Gasteiger charge is 2.27. The molecular weight excluding hydrogens is 246 g/mol. The molecule has 19 heavy (non-hydrogen) atoms. The third-order valence-corrected chi connectivity index (χ3v) is 3.36. The summed E-state index contributed by atoms with van der Waals surface area (Å²) in [6, 6.07) is 0. The Kier molecular flexibility index (Phi) is 5.35. The predicted molar refractivity (Wildman–Crippen MR) is 69.8 cm³/mol. The van der Waals surface area contributed by atoms with E-state index < -0.39 is 0 Å². The first-order chi connectivity index (χ1) is 9.33. The second-order valence-electron chi connectivity index (χ2n) is 4.73. The van der Waals surface area contributed by atoms with Gasteiger partial charge in [-0.2, -0.15) is 5.10 Å². The number of aliphatic hydroxyl groups excluding tert-OH is 1. The fraction of sp³-hybridized carbons (Fsp3) is 0.692. The maximum atomic E-state index is 12.1. The summed E-state index contributed by atoms with van der Waals surface area (Å²) in [6.07, 6.45) is 5.42. The van der Waals surface area contributed by atoms with Gasteiger partial charge in [-0.05, 0) is 25.7 Å². The van der Waals surface area contributed by atoms with Gasteiger partial charge in [0.05, 0.1) is 25.3 Å². The van der Waals surface area contributed by atoms with Gasteiger partial charge in [0.1, 0.15) is 0 Å². The molecule has 1 atom stereocenters. The minimum absolute atomic E-state index is 0.0394. The van der Waals surface area contributed by atoms with E-state index in [1.807, 2.05) is 0 Å². The Morgan fingerprint density at radius 3 is 3.32 bits per heavy atom. The quantitative estimate of drug-likeness (QED) is 0.622. The van der Waals surface area contributed by atoms with Gasteiger partial charge in [-0.25, -0.2) is 0 Å². The summed E-state index contributed by atoms with van der Waals surface area (Å²) in [7, 11) is 0. The first kappa shape index (κ1) is 14.0. The summed E-state index contributed by atoms with van der Waals surface area (Å²) in [4.78, 5) is 12.1. The number of fused-ring (bicyclic) bond motifs is 1. The Balaban J connectivity index is 1.73. The summed E-state index contributed by atoms with van der Waals surface area (Å²) < 4.78 is 5.14. The highest BCUT2D eigenvalue weighted by Crippen LogP contribution is 2.30. The molecule has 3 N–H and O–H groups in total. The van der Waals surface area contributed by atoms with E-state index >= 15 is 0 Å². The Labute approximate surface area is 112 Å². The maximum Gasteiger partial charge on any atom is 0.227 e. The Bertz CT molecular complexity index is 406. The molecule has 0 radical (unpaired) electrons. The molecule has 1 aliphatic rings. The number of nitrogens with one attached hydrogen (secondary N) is 2. The van der Waals surface area contributed by atoms with Crippen molar-refractivity contribution >= 4 is 5.91 Å². The average Bonchev–Trinajstić information content (AvgIpc) is 2.90. The minimum Gasteiger partial charge on any atom is -0.394 e. The van der Waals surface area contributed by atoms with Crippen molar-refractivity contribution in [2.24, 2.45) is 0 Å². The first-order valence-electron chi connectivity index (χ1n) is 6.81. The molecule has 1 aromatic heterocycles. The van der Waals surface area contributed by atoms with E-state index in [0.717, 1.165) is 36.9 Å². The van der Waals surface area contributed by atoms with Crippen molar-refractivity contribution in [3.63, 3.8) is 0 Å². The number of carbonyl (C=O) groups is 1. The zero-order chi connectivity index (χ0) is 13.5. The van der Waals surface area contributed by atoms with Crippen LogP contribution in [0.4, 0.5) is 0 Å². The molecular formula is C13H21N3O3. The van der Waals surface area contributed by atoms with E-state index in [1.54, 1.807) is 6.20 Å². The fourth-order valence-corrected chi connectivity index (χ4v) is 2.41. The van der Waals surface area contributed by atoms with Crippen LogP contribution in [0.1, 0.15) is 36.4 Å². The lowest BCUT2D eigenvalue weighted by atomic mass is 9.86. The molecule has 1 aromatic rings. The molecule has 0 aromatic carbocycles. The number of rotatable bonds is 7. The fourth-order valence-electron chi connectivity index (χ4n) is 2.41. The van der Waals surface area contributed by atoms with Crippen LogP contribution in [0.5, 0.6) is 0 Å². The number of ether oxygens (including phenoxy) is 1. The molecule has 0 bridgehead atoms. The van der Waals surface area contributed by atoms with E-state index in [-0.39, 0.29) is 18.4 Å². The highest BCUT2D eigenvalue weighted by atomic mass is 16.5. The van der Waals surface area contributed by atoms with E-state index in [0.29, 0.717) is 19.8 Å². The molecule has 6 nitrogen and oxygen atoms in total. The number of carbonyl (C=O) groups excluding carboxylic acids is 1. The number of amides is 1. The summed E-state index contributed by atoms with van der Waals surface area (Å²) in [5, 5.41) is 18.5. The van der Waals surface area contributed by atoms with Gasteiger partial charge in [0, 0.05) is 24.4 Å². The van der Waals surface area contributed by atoms with Gasteiger partial charge in [0.25, 0.3) is 0 Å². The predicted octanol–water partition coefficient (Wildman–Crippen LogP) is 0.345. The van der Waals surface area contributed by atoms with Crippen LogP contribution in [-0.4, -0.2) is 47.6 Å². The van der Waals surface area contributed by atoms with Crippen molar-refractivity contribution in [3.8, 4) is 0 Å². The van der Waals surface area contributed by atoms with Gasteiger partial charge in [-0.1, -0.05) is 0 Å². The molecule has 6 heteroatoms. The monoisotopic (exact) mass is 267 g/mol. The minimum atomic E-state index is -0.0686. The number of nitrogens with zero attached hydrogens (tertiary/aromatic N) is 1. The molecule has 1 amide bonds. The molecule has 0 fully saturated rings. The number of aromatic amines is 1. The van der Waals surface area contributed by atoms with Crippen molar-refractivity contribution in [1.82, 2.24) is 15.5 Å². The van der Waals surface area contributed by atoms with Gasteiger partial charge in [-0.15, -0.1) is 0 Å². The van der Waals surface area contributed by atoms with E-state index in [1.165, 1.54) is 0 Å². The molecule has 1 unspecified atom stereocenters. The average molecular weight is 267 g/mol. The highest BCUT2D eigenvalue weighted by molar-refractivity contribution is 5.84. The second kappa shape index (κ2) is 7.25. The van der Waals surface area contributed by atoms with Crippen molar-refractivity contribution in [3.05, 3.63) is 17.5 Å². The van der Waals surface area contributed by atoms with Crippen molar-refractivity contribution in [2.45, 2.75) is 31.6 Å². The second-order valence-corrected chi connectivity index (χ2v) is 4.73. The number of H-pyrrole nitrogens is 1. The van der Waals surface area contributed by atoms with E-state index in [2.05, 4.69) is 15.5 Å². The standard InChI is InChI=1S/C13H21N3O3/c17-6-8-19-7-2-5-14-13(18)10-3-1-4-12-11(10)9-15-16-12/h9-10,17H,1-8H2,(H,14,18)(H,15,16). The van der Waals surface area contributed by atoms with Gasteiger partial charge in [0.2, 0.25) is 5.91 Å². The topological polar surface area (TPSA) is 87.2 Å². The third-order valence-electron chi connectivity index (χ3n) is 3.36. The van der Waals surface area contributed by atoms with Crippen LogP contribution in [0.25, 0.3) is 0 Å². The third kappa shape index (κ3) is 3.78. The van der Waals surface area contributed by atoms with Crippen LogP contribution in [0.15, 0.2) is 6.20 Å². The summed E-state index contributed by atoms with van der Waals surface area (Å²) in [5.41, 5.74) is 2.14. The van der Waals surface area contributed by atoms with E-state index in [9.17, 15) is 4.79 Å². The van der Waals surface area contributed by atoms with Crippen LogP contribution >= 0.6 is 0 Å². The van der Waals surface area contributed by atoms with Crippen LogP contribution < -0.4 is 5.32 Å². The molecule has 0 saturated carbocycles. The number of aromatic nitrogens is 2. The Hall–Kier alpha value is -1.40. The van der Waals surface area contributed by atoms with Crippen LogP contribution in [0.3, 0.4) is 0 Å². The van der Waals surface area contributed by atoms with Crippen molar-refractivity contribution < 1.29 is 14.6 Å². The SMILES string of the molecule is O=C(NCCCOCCO)C1CCCc2[nH]ncc21. The number of aryl methyl sites for hydroxylation is 1. The first-order valence-corrected chi connectivity index (χ1v) is 6.81. The lowest BCUT2D eigenvalue weighted by Gasteiger charge is -2.21. The Morgan fingerprint density at radius 1 is 1.58 bits per heavy atom. The van der Waals surface area contributed by atoms with Crippen LogP contribution in [0, 0.1) is 0 Å². The summed E-state index contributed by atoms with van der Waals surface area (Å²) >= 11 is 0. The Morgan fingerprint density at radius 2 is 2.47 bits per heavy atom. The smallest absolute Gasteiger partial charge is 0.227 e. The lowest BCUT2D eigenvalue weighted by molar-refractivity contribution is -0.122. The molecule has 1 aliphatic carbocycles. The number of hydrogen-bond donors (Lipinski definition) is 3. The summed E-state index contributed by atoms with van der Waals surface area (Å²) in [5.74, 6) is 0.00497. The molecule has 0 spiro atoms. The van der Waals surface area contributed by atoms with E-state index in [4.69, 9.17) is 9.84 Å². The zero-order valence-corrected chi connectivity index (χ0v) is 11.0. The molecule has 106 valence electrons. The van der Waals surface area contributed by atoms with Crippen molar-refractivity contribution in [2.75, 3.05) is 26.4 Å². The van der Waals surface area contributed by atoms with Gasteiger partial charge in [-0.3, -0.25) is 9.89 Å².